The lowest BCUT2D eigenvalue weighted by Crippen LogP contribution is -2.20. The molecule has 0 aliphatic carbocycles. The number of hydrogen-bond acceptors (Lipinski definition) is 6. The van der Waals surface area contributed by atoms with E-state index in [1.807, 2.05) is 19.9 Å². The van der Waals surface area contributed by atoms with Gasteiger partial charge in [-0.3, -0.25) is 14.6 Å². The predicted octanol–water partition coefficient (Wildman–Crippen LogP) is 2.91. The van der Waals surface area contributed by atoms with Crippen molar-refractivity contribution >= 4 is 38.3 Å². The summed E-state index contributed by atoms with van der Waals surface area (Å²) in [4.78, 5) is 12.6. The van der Waals surface area contributed by atoms with Crippen molar-refractivity contribution in [3.8, 4) is 11.5 Å². The van der Waals surface area contributed by atoms with Gasteiger partial charge in [-0.05, 0) is 41.8 Å². The lowest BCUT2D eigenvalue weighted by Gasteiger charge is -2.18. The Morgan fingerprint density at radius 2 is 1.90 bits per heavy atom. The molecule has 1 aliphatic heterocycles. The number of carbonyl (C=O) groups is 1. The van der Waals surface area contributed by atoms with Crippen molar-refractivity contribution in [3.05, 3.63) is 42.0 Å². The number of carbonyl (C=O) groups excluding carboxylic acids is 1. The first-order chi connectivity index (χ1) is 14.8. The lowest BCUT2D eigenvalue weighted by molar-refractivity contribution is -0.115. The maximum Gasteiger partial charge on any atom is 0.232 e. The van der Waals surface area contributed by atoms with Crippen molar-refractivity contribution in [2.75, 3.05) is 29.0 Å². The molecule has 3 aromatic rings. The van der Waals surface area contributed by atoms with E-state index in [-0.39, 0.29) is 24.0 Å². The largest absolute Gasteiger partial charge is 0.486 e. The number of benzene rings is 2. The van der Waals surface area contributed by atoms with E-state index >= 15 is 0 Å². The number of nitrogens with zero attached hydrogens (tertiary/aromatic N) is 1. The number of sulfonamides is 1. The molecule has 0 saturated carbocycles. The van der Waals surface area contributed by atoms with Crippen LogP contribution in [0, 0.1) is 5.92 Å². The molecule has 0 unspecified atom stereocenters. The second kappa shape index (κ2) is 8.46. The molecular formula is C21H24N4O5S. The average Bonchev–Trinajstić information content (AvgIpc) is 3.08. The Morgan fingerprint density at radius 3 is 2.68 bits per heavy atom. The summed E-state index contributed by atoms with van der Waals surface area (Å²) in [5.74, 6) is 1.40. The van der Waals surface area contributed by atoms with Crippen LogP contribution < -0.4 is 19.5 Å². The molecule has 0 bridgehead atoms. The van der Waals surface area contributed by atoms with Crippen LogP contribution in [0.4, 0.5) is 11.5 Å². The van der Waals surface area contributed by atoms with Crippen LogP contribution in [0.1, 0.15) is 19.4 Å². The highest BCUT2D eigenvalue weighted by Gasteiger charge is 2.16. The smallest absolute Gasteiger partial charge is 0.232 e. The Kier molecular flexibility index (Phi) is 5.73. The fourth-order valence-electron chi connectivity index (χ4n) is 3.39. The van der Waals surface area contributed by atoms with Gasteiger partial charge in [0.1, 0.15) is 13.2 Å². The van der Waals surface area contributed by atoms with Crippen LogP contribution >= 0.6 is 0 Å². The van der Waals surface area contributed by atoms with Crippen LogP contribution in [0.3, 0.4) is 0 Å². The number of amides is 1. The number of anilines is 2. The van der Waals surface area contributed by atoms with E-state index in [0.717, 1.165) is 5.56 Å². The number of rotatable bonds is 7. The second-order valence-corrected chi connectivity index (χ2v) is 9.58. The lowest BCUT2D eigenvalue weighted by atomic mass is 10.1. The molecule has 164 valence electrons. The standard InChI is InChI=1S/C21H24N4O5S/c1-13(2)12-31(27,28)25-15-4-5-17-16(11-15)21(24-23-17)22-20(26)10-14-3-6-18-19(9-14)30-8-7-29-18/h3-6,9,11,13,25H,7-8,10,12H2,1-2H3,(H2,22,23,24,26). The van der Waals surface area contributed by atoms with Crippen LogP contribution in [0.25, 0.3) is 10.9 Å². The Bertz CT molecular complexity index is 1220. The highest BCUT2D eigenvalue weighted by Crippen LogP contribution is 2.31. The van der Waals surface area contributed by atoms with Crippen molar-refractivity contribution in [2.24, 2.45) is 5.92 Å². The van der Waals surface area contributed by atoms with Crippen LogP contribution in [-0.2, 0) is 21.2 Å². The van der Waals surface area contributed by atoms with Crippen LogP contribution in [0.2, 0.25) is 0 Å². The zero-order valence-electron chi connectivity index (χ0n) is 17.3. The molecule has 0 fully saturated rings. The summed E-state index contributed by atoms with van der Waals surface area (Å²) in [5.41, 5.74) is 1.88. The van der Waals surface area contributed by atoms with Crippen LogP contribution in [0.15, 0.2) is 36.4 Å². The minimum Gasteiger partial charge on any atom is -0.486 e. The molecule has 0 spiro atoms. The number of nitrogens with one attached hydrogen (secondary N) is 3. The van der Waals surface area contributed by atoms with Crippen LogP contribution in [0.5, 0.6) is 11.5 Å². The van der Waals surface area contributed by atoms with Gasteiger partial charge < -0.3 is 14.8 Å². The van der Waals surface area contributed by atoms with Gasteiger partial charge in [0.2, 0.25) is 15.9 Å². The van der Waals surface area contributed by atoms with Crippen molar-refractivity contribution in [1.29, 1.82) is 0 Å². The normalized spacial score (nSPS) is 13.4. The molecule has 31 heavy (non-hydrogen) atoms. The minimum atomic E-state index is -3.46. The molecule has 10 heteroatoms. The highest BCUT2D eigenvalue weighted by molar-refractivity contribution is 7.92. The SMILES string of the molecule is CC(C)CS(=O)(=O)Nc1ccc2[nH]nc(NC(=O)Cc3ccc4c(c3)OCCO4)c2c1. The molecular weight excluding hydrogens is 420 g/mol. The molecule has 1 aromatic heterocycles. The van der Waals surface area contributed by atoms with Crippen molar-refractivity contribution < 1.29 is 22.7 Å². The summed E-state index contributed by atoms with van der Waals surface area (Å²) in [5, 5.41) is 10.4. The molecule has 4 rings (SSSR count). The van der Waals surface area contributed by atoms with E-state index in [0.29, 0.717) is 47.1 Å². The molecule has 3 N–H and O–H groups in total. The van der Waals surface area contributed by atoms with Crippen molar-refractivity contribution in [3.63, 3.8) is 0 Å². The van der Waals surface area contributed by atoms with Crippen molar-refractivity contribution in [2.45, 2.75) is 20.3 Å². The van der Waals surface area contributed by atoms with E-state index in [1.165, 1.54) is 0 Å². The Hall–Kier alpha value is -3.27. The first-order valence-electron chi connectivity index (χ1n) is 9.96. The fraction of sp³-hybridized carbons (Fsp3) is 0.333. The predicted molar refractivity (Wildman–Crippen MR) is 118 cm³/mol. The summed E-state index contributed by atoms with van der Waals surface area (Å²) in [7, 11) is -3.46. The number of ether oxygens (including phenoxy) is 2. The van der Waals surface area contributed by atoms with Gasteiger partial charge in [-0.25, -0.2) is 8.42 Å². The minimum absolute atomic E-state index is 0.00515. The van der Waals surface area contributed by atoms with E-state index in [9.17, 15) is 13.2 Å². The first kappa shape index (κ1) is 21.0. The molecule has 0 radical (unpaired) electrons. The Morgan fingerprint density at radius 1 is 1.13 bits per heavy atom. The molecule has 2 heterocycles. The third kappa shape index (κ3) is 5.08. The summed E-state index contributed by atoms with van der Waals surface area (Å²) in [6, 6.07) is 10.4. The average molecular weight is 445 g/mol. The molecule has 2 aromatic carbocycles. The topological polar surface area (TPSA) is 122 Å². The summed E-state index contributed by atoms with van der Waals surface area (Å²) in [6.45, 7) is 4.67. The van der Waals surface area contributed by atoms with E-state index in [1.54, 1.807) is 30.3 Å². The van der Waals surface area contributed by atoms with Gasteiger partial charge in [0.15, 0.2) is 17.3 Å². The molecule has 0 atom stereocenters. The Balaban J connectivity index is 1.48. The summed E-state index contributed by atoms with van der Waals surface area (Å²) < 4.78 is 38.1. The van der Waals surface area contributed by atoms with E-state index in [4.69, 9.17) is 9.47 Å². The zero-order chi connectivity index (χ0) is 22.0. The number of hydrogen-bond donors (Lipinski definition) is 3. The monoisotopic (exact) mass is 444 g/mol. The molecule has 9 nitrogen and oxygen atoms in total. The number of aromatic nitrogens is 2. The number of fused-ring (bicyclic) bond motifs is 2. The number of H-pyrrole nitrogens is 1. The van der Waals surface area contributed by atoms with Gasteiger partial charge >= 0.3 is 0 Å². The summed E-state index contributed by atoms with van der Waals surface area (Å²) in [6.07, 6.45) is 0.131. The Labute approximate surface area is 180 Å². The second-order valence-electron chi connectivity index (χ2n) is 7.81. The fourth-order valence-corrected chi connectivity index (χ4v) is 4.84. The van der Waals surface area contributed by atoms with Gasteiger partial charge in [0, 0.05) is 11.1 Å². The third-order valence-corrected chi connectivity index (χ3v) is 6.27. The van der Waals surface area contributed by atoms with Crippen molar-refractivity contribution in [1.82, 2.24) is 10.2 Å². The van der Waals surface area contributed by atoms with Gasteiger partial charge in [-0.2, -0.15) is 5.10 Å². The van der Waals surface area contributed by atoms with Gasteiger partial charge in [0.25, 0.3) is 0 Å². The van der Waals surface area contributed by atoms with Gasteiger partial charge in [-0.1, -0.05) is 19.9 Å². The van der Waals surface area contributed by atoms with Gasteiger partial charge in [0.05, 0.1) is 17.7 Å². The maximum atomic E-state index is 12.6. The van der Waals surface area contributed by atoms with Gasteiger partial charge in [-0.15, -0.1) is 0 Å². The molecule has 1 amide bonds. The molecule has 0 saturated heterocycles. The van der Waals surface area contributed by atoms with E-state index in [2.05, 4.69) is 20.2 Å². The maximum absolute atomic E-state index is 12.6. The first-order valence-corrected chi connectivity index (χ1v) is 11.6. The summed E-state index contributed by atoms with van der Waals surface area (Å²) >= 11 is 0. The van der Waals surface area contributed by atoms with E-state index < -0.39 is 10.0 Å². The third-order valence-electron chi connectivity index (χ3n) is 4.62. The molecule has 1 aliphatic rings. The zero-order valence-corrected chi connectivity index (χ0v) is 18.1. The van der Waals surface area contributed by atoms with Crippen LogP contribution in [-0.4, -0.2) is 43.5 Å². The quantitative estimate of drug-likeness (QED) is 0.515. The number of aromatic amines is 1. The highest BCUT2D eigenvalue weighted by atomic mass is 32.2.